The first-order chi connectivity index (χ1) is 13.9. The molecule has 1 N–H and O–H groups in total. The number of aryl methyl sites for hydroxylation is 1. The van der Waals surface area contributed by atoms with E-state index in [-0.39, 0.29) is 5.91 Å². The summed E-state index contributed by atoms with van der Waals surface area (Å²) in [6.45, 7) is 4.20. The third kappa shape index (κ3) is 5.03. The summed E-state index contributed by atoms with van der Waals surface area (Å²) in [6, 6.07) is 16.5. The normalized spacial score (nSPS) is 10.5. The van der Waals surface area contributed by atoms with Crippen molar-refractivity contribution in [2.45, 2.75) is 20.5 Å². The van der Waals surface area contributed by atoms with Gasteiger partial charge in [-0.15, -0.1) is 0 Å². The molecule has 0 aliphatic carbocycles. The Kier molecular flexibility index (Phi) is 6.68. The predicted molar refractivity (Wildman–Crippen MR) is 118 cm³/mol. The van der Waals surface area contributed by atoms with Crippen LogP contribution in [0.3, 0.4) is 0 Å². The van der Waals surface area contributed by atoms with Crippen LogP contribution < -0.4 is 14.8 Å². The first kappa shape index (κ1) is 21.0. The van der Waals surface area contributed by atoms with Crippen LogP contribution in [0.5, 0.6) is 11.5 Å². The molecule has 0 saturated carbocycles. The number of amides is 1. The van der Waals surface area contributed by atoms with Gasteiger partial charge >= 0.3 is 0 Å². The Morgan fingerprint density at radius 2 is 1.72 bits per heavy atom. The number of hydrogen-bond donors (Lipinski definition) is 1. The number of ether oxygens (including phenoxy) is 2. The third-order valence-electron chi connectivity index (χ3n) is 4.51. The summed E-state index contributed by atoms with van der Waals surface area (Å²) in [5.74, 6) is 0.462. The SMILES string of the molecule is COc1cc(C(=O)Nc2cccc(Cl)c2C)cc(Cl)c1OCc1ccc(C)cc1. The molecule has 3 rings (SSSR count). The van der Waals surface area contributed by atoms with E-state index in [4.69, 9.17) is 32.7 Å². The zero-order valence-electron chi connectivity index (χ0n) is 16.4. The number of rotatable bonds is 6. The lowest BCUT2D eigenvalue weighted by Gasteiger charge is -2.15. The molecule has 0 saturated heterocycles. The maximum absolute atomic E-state index is 12.7. The van der Waals surface area contributed by atoms with E-state index >= 15 is 0 Å². The number of methoxy groups -OCH3 is 1. The van der Waals surface area contributed by atoms with E-state index in [1.807, 2.05) is 38.1 Å². The van der Waals surface area contributed by atoms with Crippen molar-refractivity contribution in [2.75, 3.05) is 12.4 Å². The fraction of sp³-hybridized carbons (Fsp3) is 0.174. The second kappa shape index (κ2) is 9.21. The highest BCUT2D eigenvalue weighted by molar-refractivity contribution is 6.33. The standard InChI is InChI=1S/C23H21Cl2NO3/c1-14-7-9-16(10-8-14)13-29-22-19(25)11-17(12-21(22)28-3)23(27)26-20-6-4-5-18(24)15(20)2/h4-12H,13H2,1-3H3,(H,26,27). The van der Waals surface area contributed by atoms with Crippen LogP contribution in [0.1, 0.15) is 27.0 Å². The number of carbonyl (C=O) groups excluding carboxylic acids is 1. The smallest absolute Gasteiger partial charge is 0.255 e. The number of anilines is 1. The fourth-order valence-electron chi connectivity index (χ4n) is 2.77. The molecule has 0 atom stereocenters. The van der Waals surface area contributed by atoms with Gasteiger partial charge in [0.05, 0.1) is 12.1 Å². The van der Waals surface area contributed by atoms with Crippen molar-refractivity contribution in [3.63, 3.8) is 0 Å². The van der Waals surface area contributed by atoms with E-state index in [1.54, 1.807) is 30.3 Å². The summed E-state index contributed by atoms with van der Waals surface area (Å²) in [6.07, 6.45) is 0. The lowest BCUT2D eigenvalue weighted by atomic mass is 10.1. The second-order valence-corrected chi connectivity index (χ2v) is 7.44. The molecule has 3 aromatic rings. The van der Waals surface area contributed by atoms with Crippen molar-refractivity contribution < 1.29 is 14.3 Å². The molecule has 0 spiro atoms. The van der Waals surface area contributed by atoms with Crippen LogP contribution in [-0.2, 0) is 6.61 Å². The molecule has 29 heavy (non-hydrogen) atoms. The Labute approximate surface area is 180 Å². The molecule has 0 unspecified atom stereocenters. The molecule has 1 amide bonds. The maximum atomic E-state index is 12.7. The maximum Gasteiger partial charge on any atom is 0.255 e. The van der Waals surface area contributed by atoms with Crippen molar-refractivity contribution in [3.05, 3.63) is 86.9 Å². The summed E-state index contributed by atoms with van der Waals surface area (Å²) < 4.78 is 11.3. The van der Waals surface area contributed by atoms with Crippen molar-refractivity contribution in [1.82, 2.24) is 0 Å². The number of nitrogens with one attached hydrogen (secondary N) is 1. The zero-order chi connectivity index (χ0) is 21.0. The van der Waals surface area contributed by atoms with Gasteiger partial charge in [0.1, 0.15) is 6.61 Å². The molecule has 6 heteroatoms. The molecule has 0 radical (unpaired) electrons. The van der Waals surface area contributed by atoms with Crippen molar-refractivity contribution in [3.8, 4) is 11.5 Å². The average molecular weight is 430 g/mol. The Bertz CT molecular complexity index is 1030. The Hall–Kier alpha value is -2.69. The summed E-state index contributed by atoms with van der Waals surface area (Å²) in [7, 11) is 1.51. The summed E-state index contributed by atoms with van der Waals surface area (Å²) in [4.78, 5) is 12.7. The highest BCUT2D eigenvalue weighted by Crippen LogP contribution is 2.37. The van der Waals surface area contributed by atoms with Crippen molar-refractivity contribution >= 4 is 34.8 Å². The minimum atomic E-state index is -0.319. The van der Waals surface area contributed by atoms with Gasteiger partial charge in [-0.3, -0.25) is 4.79 Å². The van der Waals surface area contributed by atoms with Crippen LogP contribution >= 0.6 is 23.2 Å². The van der Waals surface area contributed by atoms with E-state index < -0.39 is 0 Å². The Morgan fingerprint density at radius 3 is 2.41 bits per heavy atom. The number of halogens is 2. The van der Waals surface area contributed by atoms with Crippen molar-refractivity contribution in [2.24, 2.45) is 0 Å². The second-order valence-electron chi connectivity index (χ2n) is 6.63. The lowest BCUT2D eigenvalue weighted by molar-refractivity contribution is 0.102. The molecule has 0 aromatic heterocycles. The molecule has 0 aliphatic heterocycles. The largest absolute Gasteiger partial charge is 0.493 e. The van der Waals surface area contributed by atoms with Crippen LogP contribution in [-0.4, -0.2) is 13.0 Å². The molecule has 0 bridgehead atoms. The number of benzene rings is 3. The van der Waals surface area contributed by atoms with Gasteiger partial charge in [0.15, 0.2) is 11.5 Å². The minimum Gasteiger partial charge on any atom is -0.493 e. The Morgan fingerprint density at radius 1 is 1.00 bits per heavy atom. The predicted octanol–water partition coefficient (Wildman–Crippen LogP) is 6.45. The molecule has 0 heterocycles. The minimum absolute atomic E-state index is 0.296. The lowest BCUT2D eigenvalue weighted by Crippen LogP contribution is -2.13. The van der Waals surface area contributed by atoms with E-state index in [2.05, 4.69) is 5.32 Å². The van der Waals surface area contributed by atoms with Gasteiger partial charge in [-0.1, -0.05) is 59.1 Å². The topological polar surface area (TPSA) is 47.6 Å². The Balaban J connectivity index is 1.80. The van der Waals surface area contributed by atoms with Gasteiger partial charge < -0.3 is 14.8 Å². The molecular weight excluding hydrogens is 409 g/mol. The summed E-state index contributed by atoms with van der Waals surface area (Å²) in [5.41, 5.74) is 3.96. The fourth-order valence-corrected chi connectivity index (χ4v) is 3.21. The van der Waals surface area contributed by atoms with Crippen LogP contribution in [0.25, 0.3) is 0 Å². The van der Waals surface area contributed by atoms with E-state index in [1.165, 1.54) is 12.7 Å². The summed E-state index contributed by atoms with van der Waals surface area (Å²) >= 11 is 12.5. The van der Waals surface area contributed by atoms with Gasteiger partial charge in [0.25, 0.3) is 5.91 Å². The third-order valence-corrected chi connectivity index (χ3v) is 5.20. The first-order valence-electron chi connectivity index (χ1n) is 9.01. The van der Waals surface area contributed by atoms with Gasteiger partial charge in [-0.2, -0.15) is 0 Å². The van der Waals surface area contributed by atoms with Crippen molar-refractivity contribution in [1.29, 1.82) is 0 Å². The van der Waals surface area contributed by atoms with Crippen LogP contribution in [0.15, 0.2) is 54.6 Å². The van der Waals surface area contributed by atoms with E-state index in [0.29, 0.717) is 39.4 Å². The molecule has 3 aromatic carbocycles. The highest BCUT2D eigenvalue weighted by atomic mass is 35.5. The zero-order valence-corrected chi connectivity index (χ0v) is 17.9. The van der Waals surface area contributed by atoms with Gasteiger partial charge in [0, 0.05) is 16.3 Å². The first-order valence-corrected chi connectivity index (χ1v) is 9.77. The monoisotopic (exact) mass is 429 g/mol. The summed E-state index contributed by atoms with van der Waals surface area (Å²) in [5, 5.41) is 3.73. The van der Waals surface area contributed by atoms with E-state index in [9.17, 15) is 4.79 Å². The average Bonchev–Trinajstić information content (AvgIpc) is 2.71. The molecule has 4 nitrogen and oxygen atoms in total. The van der Waals surface area contributed by atoms with Crippen LogP contribution in [0.4, 0.5) is 5.69 Å². The van der Waals surface area contributed by atoms with E-state index in [0.717, 1.165) is 11.1 Å². The molecule has 0 fully saturated rings. The highest BCUT2D eigenvalue weighted by Gasteiger charge is 2.17. The molecular formula is C23H21Cl2NO3. The van der Waals surface area contributed by atoms with Crippen LogP contribution in [0, 0.1) is 13.8 Å². The molecule has 150 valence electrons. The number of hydrogen-bond acceptors (Lipinski definition) is 3. The van der Waals surface area contributed by atoms with Gasteiger partial charge in [0.2, 0.25) is 0 Å². The molecule has 0 aliphatic rings. The van der Waals surface area contributed by atoms with Gasteiger partial charge in [-0.25, -0.2) is 0 Å². The van der Waals surface area contributed by atoms with Crippen LogP contribution in [0.2, 0.25) is 10.0 Å². The number of carbonyl (C=O) groups is 1. The quantitative estimate of drug-likeness (QED) is 0.489. The van der Waals surface area contributed by atoms with Gasteiger partial charge in [-0.05, 0) is 49.2 Å².